The molecule has 1 heterocycles. The van der Waals surface area contributed by atoms with Gasteiger partial charge in [0.05, 0.1) is 15.8 Å². The average Bonchev–Trinajstić information content (AvgIpc) is 2.34. The summed E-state index contributed by atoms with van der Waals surface area (Å²) in [4.78, 5) is 12.4. The minimum atomic E-state index is -0.0515. The smallest absolute Gasteiger partial charge is 0.200 e. The molecule has 0 N–H and O–H groups in total. The van der Waals surface area contributed by atoms with Crippen molar-refractivity contribution in [1.29, 1.82) is 0 Å². The first-order valence-corrected chi connectivity index (χ1v) is 6.56. The first-order chi connectivity index (χ1) is 8.58. The lowest BCUT2D eigenvalue weighted by Crippen LogP contribution is -2.02. The van der Waals surface area contributed by atoms with Crippen LogP contribution >= 0.6 is 27.5 Å². The molecular formula is C14H8BrClO2. The number of para-hydroxylation sites is 1. The summed E-state index contributed by atoms with van der Waals surface area (Å²) in [5.74, 6) is 0. The molecule has 2 nitrogen and oxygen atoms in total. The Kier molecular flexibility index (Phi) is 2.68. The predicted octanol–water partition coefficient (Wildman–Crippen LogP) is 4.67. The van der Waals surface area contributed by atoms with E-state index in [9.17, 15) is 4.79 Å². The van der Waals surface area contributed by atoms with Crippen LogP contribution in [-0.4, -0.2) is 0 Å². The Morgan fingerprint density at radius 1 is 1.22 bits per heavy atom. The molecule has 4 heteroatoms. The van der Waals surface area contributed by atoms with E-state index in [1.54, 1.807) is 24.3 Å². The summed E-state index contributed by atoms with van der Waals surface area (Å²) < 4.78 is 6.64. The average molecular weight is 324 g/mol. The molecule has 3 aromatic rings. The van der Waals surface area contributed by atoms with Crippen LogP contribution in [0.3, 0.4) is 0 Å². The molecule has 18 heavy (non-hydrogen) atoms. The Morgan fingerprint density at radius 2 is 2.00 bits per heavy atom. The molecular weight excluding hydrogens is 316 g/mol. The van der Waals surface area contributed by atoms with Crippen molar-refractivity contribution in [3.8, 4) is 0 Å². The van der Waals surface area contributed by atoms with Crippen LogP contribution in [0.15, 0.2) is 44.0 Å². The molecule has 0 spiro atoms. The van der Waals surface area contributed by atoms with Gasteiger partial charge in [-0.2, -0.15) is 0 Å². The van der Waals surface area contributed by atoms with Crippen molar-refractivity contribution >= 4 is 49.5 Å². The summed E-state index contributed by atoms with van der Waals surface area (Å²) in [5, 5.41) is 1.53. The summed E-state index contributed by atoms with van der Waals surface area (Å²) in [7, 11) is 0. The molecule has 0 saturated carbocycles. The Bertz CT molecular complexity index is 836. The van der Waals surface area contributed by atoms with Gasteiger partial charge in [-0.1, -0.05) is 33.6 Å². The number of benzene rings is 2. The summed E-state index contributed by atoms with van der Waals surface area (Å²) in [6.45, 7) is 1.94. The first-order valence-electron chi connectivity index (χ1n) is 5.39. The Labute approximate surface area is 116 Å². The van der Waals surface area contributed by atoms with Crippen molar-refractivity contribution in [3.63, 3.8) is 0 Å². The number of rotatable bonds is 0. The molecule has 0 aliphatic heterocycles. The third-order valence-corrected chi connectivity index (χ3v) is 4.08. The van der Waals surface area contributed by atoms with Crippen molar-refractivity contribution in [2.45, 2.75) is 6.92 Å². The summed E-state index contributed by atoms with van der Waals surface area (Å²) >= 11 is 9.48. The Hall–Kier alpha value is -1.32. The molecule has 0 atom stereocenters. The monoisotopic (exact) mass is 322 g/mol. The Balaban J connectivity index is 2.61. The van der Waals surface area contributed by atoms with E-state index in [0.717, 1.165) is 10.0 Å². The lowest BCUT2D eigenvalue weighted by atomic mass is 10.1. The minimum Gasteiger partial charge on any atom is -0.454 e. The van der Waals surface area contributed by atoms with E-state index < -0.39 is 0 Å². The van der Waals surface area contributed by atoms with Gasteiger partial charge in [0, 0.05) is 4.47 Å². The van der Waals surface area contributed by atoms with Gasteiger partial charge >= 0.3 is 0 Å². The number of fused-ring (bicyclic) bond motifs is 2. The van der Waals surface area contributed by atoms with Crippen LogP contribution in [0.4, 0.5) is 0 Å². The van der Waals surface area contributed by atoms with Crippen LogP contribution < -0.4 is 5.43 Å². The van der Waals surface area contributed by atoms with Crippen molar-refractivity contribution < 1.29 is 4.42 Å². The third-order valence-electron chi connectivity index (χ3n) is 2.93. The second kappa shape index (κ2) is 4.11. The second-order valence-corrected chi connectivity index (χ2v) is 5.41. The number of halogens is 2. The van der Waals surface area contributed by atoms with Gasteiger partial charge in [0.25, 0.3) is 0 Å². The summed E-state index contributed by atoms with van der Waals surface area (Å²) in [6, 6.07) is 8.81. The maximum Gasteiger partial charge on any atom is 0.200 e. The van der Waals surface area contributed by atoms with Crippen LogP contribution in [0.25, 0.3) is 21.9 Å². The van der Waals surface area contributed by atoms with Gasteiger partial charge in [0.15, 0.2) is 5.58 Å². The van der Waals surface area contributed by atoms with E-state index in [0.29, 0.717) is 27.0 Å². The van der Waals surface area contributed by atoms with E-state index in [1.807, 2.05) is 13.0 Å². The van der Waals surface area contributed by atoms with Gasteiger partial charge < -0.3 is 4.42 Å². The van der Waals surface area contributed by atoms with Gasteiger partial charge in [0.2, 0.25) is 5.43 Å². The molecule has 2 aromatic carbocycles. The lowest BCUT2D eigenvalue weighted by Gasteiger charge is -2.05. The quantitative estimate of drug-likeness (QED) is 0.563. The van der Waals surface area contributed by atoms with Crippen molar-refractivity contribution in [2.75, 3.05) is 0 Å². The van der Waals surface area contributed by atoms with Gasteiger partial charge in [0.1, 0.15) is 5.58 Å². The topological polar surface area (TPSA) is 30.2 Å². The fourth-order valence-corrected chi connectivity index (χ4v) is 2.51. The number of aryl methyl sites for hydroxylation is 1. The summed E-state index contributed by atoms with van der Waals surface area (Å²) in [6.07, 6.45) is 0. The normalized spacial score (nSPS) is 11.3. The van der Waals surface area contributed by atoms with Crippen LogP contribution in [0.2, 0.25) is 5.02 Å². The number of hydrogen-bond donors (Lipinski definition) is 0. The predicted molar refractivity (Wildman–Crippen MR) is 77.4 cm³/mol. The zero-order valence-corrected chi connectivity index (χ0v) is 11.8. The molecule has 3 rings (SSSR count). The van der Waals surface area contributed by atoms with Gasteiger partial charge in [-0.05, 0) is 36.8 Å². The van der Waals surface area contributed by atoms with Crippen molar-refractivity contribution in [3.05, 3.63) is 55.6 Å². The van der Waals surface area contributed by atoms with Crippen LogP contribution in [-0.2, 0) is 0 Å². The SMILES string of the molecule is Cc1cc2c(=O)c3cccc(Cl)c3oc2cc1Br. The van der Waals surface area contributed by atoms with Gasteiger partial charge in [-0.15, -0.1) is 0 Å². The fourth-order valence-electron chi connectivity index (χ4n) is 1.97. The van der Waals surface area contributed by atoms with Gasteiger partial charge in [-0.25, -0.2) is 0 Å². The molecule has 0 bridgehead atoms. The number of hydrogen-bond acceptors (Lipinski definition) is 2. The molecule has 0 saturated heterocycles. The minimum absolute atomic E-state index is 0.0515. The molecule has 1 aromatic heterocycles. The maximum absolute atomic E-state index is 12.4. The van der Waals surface area contributed by atoms with Crippen molar-refractivity contribution in [2.24, 2.45) is 0 Å². The zero-order chi connectivity index (χ0) is 12.9. The molecule has 0 unspecified atom stereocenters. The molecule has 0 fully saturated rings. The van der Waals surface area contributed by atoms with Crippen LogP contribution in [0.5, 0.6) is 0 Å². The van der Waals surface area contributed by atoms with Crippen LogP contribution in [0.1, 0.15) is 5.56 Å². The van der Waals surface area contributed by atoms with E-state index >= 15 is 0 Å². The van der Waals surface area contributed by atoms with Gasteiger partial charge in [-0.3, -0.25) is 4.79 Å². The van der Waals surface area contributed by atoms with E-state index in [2.05, 4.69) is 15.9 Å². The van der Waals surface area contributed by atoms with Crippen molar-refractivity contribution in [1.82, 2.24) is 0 Å². The molecule has 0 radical (unpaired) electrons. The van der Waals surface area contributed by atoms with Crippen LogP contribution in [0, 0.1) is 6.92 Å². The lowest BCUT2D eigenvalue weighted by molar-refractivity contribution is 0.659. The highest BCUT2D eigenvalue weighted by Gasteiger charge is 2.11. The molecule has 0 amide bonds. The Morgan fingerprint density at radius 3 is 2.78 bits per heavy atom. The maximum atomic E-state index is 12.4. The second-order valence-electron chi connectivity index (χ2n) is 4.15. The standard InChI is InChI=1S/C14H8BrClO2/c1-7-5-9-12(6-10(7)15)18-14-8(13(9)17)3-2-4-11(14)16/h2-6H,1H3. The molecule has 0 aliphatic rings. The molecule has 90 valence electrons. The highest BCUT2D eigenvalue weighted by atomic mass is 79.9. The summed E-state index contributed by atoms with van der Waals surface area (Å²) in [5.41, 5.74) is 1.92. The largest absolute Gasteiger partial charge is 0.454 e. The fraction of sp³-hybridized carbons (Fsp3) is 0.0714. The van der Waals surface area contributed by atoms with E-state index in [4.69, 9.17) is 16.0 Å². The van der Waals surface area contributed by atoms with E-state index in [-0.39, 0.29) is 5.43 Å². The first kappa shape index (κ1) is 11.8. The van der Waals surface area contributed by atoms with E-state index in [1.165, 1.54) is 0 Å². The third kappa shape index (κ3) is 1.66. The molecule has 0 aliphatic carbocycles. The highest BCUT2D eigenvalue weighted by Crippen LogP contribution is 2.28. The zero-order valence-electron chi connectivity index (χ0n) is 9.46. The highest BCUT2D eigenvalue weighted by molar-refractivity contribution is 9.10.